The fourth-order valence-electron chi connectivity index (χ4n) is 2.28. The Labute approximate surface area is 119 Å². The fourth-order valence-corrected chi connectivity index (χ4v) is 2.52. The predicted molar refractivity (Wildman–Crippen MR) is 79.4 cm³/mol. The smallest absolute Gasteiger partial charge is 0.130 e. The Bertz CT molecular complexity index is 582. The molecule has 2 aromatic rings. The van der Waals surface area contributed by atoms with Crippen LogP contribution in [-0.2, 0) is 19.0 Å². The Morgan fingerprint density at radius 2 is 1.84 bits per heavy atom. The normalized spacial score (nSPS) is 14.4. The molecule has 1 atom stereocenters. The van der Waals surface area contributed by atoms with Crippen molar-refractivity contribution < 1.29 is 0 Å². The molecule has 0 aliphatic heterocycles. The Hall–Kier alpha value is -1.32. The third kappa shape index (κ3) is 2.82. The molecule has 0 spiro atoms. The van der Waals surface area contributed by atoms with Gasteiger partial charge in [0.15, 0.2) is 0 Å². The van der Waals surface area contributed by atoms with E-state index in [0.717, 1.165) is 16.8 Å². The minimum Gasteiger partial charge on any atom is -0.321 e. The first-order valence-corrected chi connectivity index (χ1v) is 6.73. The Balaban J connectivity index is 2.33. The summed E-state index contributed by atoms with van der Waals surface area (Å²) in [6, 6.07) is 8.32. The molecule has 2 N–H and O–H groups in total. The maximum Gasteiger partial charge on any atom is 0.130 e. The summed E-state index contributed by atoms with van der Waals surface area (Å²) in [5, 5.41) is 5.00. The van der Waals surface area contributed by atoms with E-state index in [1.807, 2.05) is 20.9 Å². The van der Waals surface area contributed by atoms with Gasteiger partial charge in [0, 0.05) is 18.2 Å². The monoisotopic (exact) mass is 277 g/mol. The number of hydrogen-bond acceptors (Lipinski definition) is 2. The highest BCUT2D eigenvalue weighted by Gasteiger charge is 2.25. The number of aryl methyl sites for hydroxylation is 3. The lowest BCUT2D eigenvalue weighted by atomic mass is 9.86. The van der Waals surface area contributed by atoms with Crippen molar-refractivity contribution in [1.29, 1.82) is 0 Å². The molecule has 102 valence electrons. The number of benzene rings is 1. The molecule has 2 rings (SSSR count). The third-order valence-electron chi connectivity index (χ3n) is 3.52. The quantitative estimate of drug-likeness (QED) is 0.937. The number of rotatable bonds is 3. The summed E-state index contributed by atoms with van der Waals surface area (Å²) < 4.78 is 1.69. The molecule has 19 heavy (non-hydrogen) atoms. The van der Waals surface area contributed by atoms with E-state index in [-0.39, 0.29) is 0 Å². The van der Waals surface area contributed by atoms with Gasteiger partial charge in [0.05, 0.1) is 5.69 Å². The SMILES string of the molecule is Cc1ccc(C(C)(N)Cc2c(C)nn(C)c2Cl)cc1. The minimum absolute atomic E-state index is 0.453. The highest BCUT2D eigenvalue weighted by molar-refractivity contribution is 6.30. The van der Waals surface area contributed by atoms with Crippen molar-refractivity contribution in [3.63, 3.8) is 0 Å². The summed E-state index contributed by atoms with van der Waals surface area (Å²) >= 11 is 6.28. The van der Waals surface area contributed by atoms with Crippen molar-refractivity contribution in [1.82, 2.24) is 9.78 Å². The molecule has 1 aromatic carbocycles. The van der Waals surface area contributed by atoms with E-state index in [0.29, 0.717) is 11.6 Å². The first-order valence-electron chi connectivity index (χ1n) is 6.35. The Kier molecular flexibility index (Phi) is 3.70. The van der Waals surface area contributed by atoms with E-state index in [2.05, 4.69) is 36.3 Å². The van der Waals surface area contributed by atoms with E-state index >= 15 is 0 Å². The van der Waals surface area contributed by atoms with E-state index < -0.39 is 5.54 Å². The van der Waals surface area contributed by atoms with Crippen molar-refractivity contribution >= 4 is 11.6 Å². The molecule has 1 unspecified atom stereocenters. The second-order valence-electron chi connectivity index (χ2n) is 5.44. The molecule has 3 nitrogen and oxygen atoms in total. The Morgan fingerprint density at radius 3 is 2.32 bits per heavy atom. The van der Waals surface area contributed by atoms with E-state index in [9.17, 15) is 0 Å². The van der Waals surface area contributed by atoms with Crippen LogP contribution in [0.4, 0.5) is 0 Å². The summed E-state index contributed by atoms with van der Waals surface area (Å²) in [5.41, 5.74) is 10.3. The van der Waals surface area contributed by atoms with Gasteiger partial charge >= 0.3 is 0 Å². The summed E-state index contributed by atoms with van der Waals surface area (Å²) in [4.78, 5) is 0. The van der Waals surface area contributed by atoms with Crippen molar-refractivity contribution in [3.8, 4) is 0 Å². The van der Waals surface area contributed by atoms with Gasteiger partial charge in [-0.3, -0.25) is 4.68 Å². The molecule has 1 aromatic heterocycles. The number of halogens is 1. The van der Waals surface area contributed by atoms with Gasteiger partial charge in [0.25, 0.3) is 0 Å². The molecule has 0 aliphatic carbocycles. The van der Waals surface area contributed by atoms with Crippen LogP contribution in [0.25, 0.3) is 0 Å². The van der Waals surface area contributed by atoms with E-state index in [4.69, 9.17) is 17.3 Å². The van der Waals surface area contributed by atoms with Crippen molar-refractivity contribution in [3.05, 3.63) is 51.8 Å². The maximum atomic E-state index is 6.47. The lowest BCUT2D eigenvalue weighted by Crippen LogP contribution is -2.35. The largest absolute Gasteiger partial charge is 0.321 e. The fraction of sp³-hybridized carbons (Fsp3) is 0.400. The minimum atomic E-state index is -0.453. The third-order valence-corrected chi connectivity index (χ3v) is 4.00. The van der Waals surface area contributed by atoms with Crippen LogP contribution < -0.4 is 5.73 Å². The first kappa shape index (κ1) is 14.1. The van der Waals surface area contributed by atoms with E-state index in [1.54, 1.807) is 4.68 Å². The van der Waals surface area contributed by atoms with Crippen LogP contribution in [0.5, 0.6) is 0 Å². The standard InChI is InChI=1S/C15H20ClN3/c1-10-5-7-12(8-6-10)15(3,17)9-13-11(2)18-19(4)14(13)16/h5-8H,9,17H2,1-4H3. The van der Waals surface area contributed by atoms with Crippen molar-refractivity contribution in [2.24, 2.45) is 12.8 Å². The lowest BCUT2D eigenvalue weighted by Gasteiger charge is -2.25. The summed E-state index contributed by atoms with van der Waals surface area (Å²) in [5.74, 6) is 0. The van der Waals surface area contributed by atoms with Gasteiger partial charge in [0.1, 0.15) is 5.15 Å². The average molecular weight is 278 g/mol. The second kappa shape index (κ2) is 4.99. The molecule has 4 heteroatoms. The van der Waals surface area contributed by atoms with Crippen molar-refractivity contribution in [2.75, 3.05) is 0 Å². The maximum absolute atomic E-state index is 6.47. The molecule has 0 fully saturated rings. The number of nitrogens with two attached hydrogens (primary N) is 1. The van der Waals surface area contributed by atoms with Gasteiger partial charge < -0.3 is 5.73 Å². The van der Waals surface area contributed by atoms with Gasteiger partial charge in [-0.05, 0) is 32.8 Å². The predicted octanol–water partition coefficient (Wildman–Crippen LogP) is 3.11. The van der Waals surface area contributed by atoms with Crippen LogP contribution in [-0.4, -0.2) is 9.78 Å². The summed E-state index contributed by atoms with van der Waals surface area (Å²) in [7, 11) is 1.85. The van der Waals surface area contributed by atoms with Crippen LogP contribution in [0.2, 0.25) is 5.15 Å². The number of nitrogens with zero attached hydrogens (tertiary/aromatic N) is 2. The molecule has 1 heterocycles. The molecule has 0 saturated heterocycles. The van der Waals surface area contributed by atoms with Crippen LogP contribution in [0.1, 0.15) is 29.3 Å². The zero-order chi connectivity index (χ0) is 14.2. The van der Waals surface area contributed by atoms with Gasteiger partial charge in [-0.2, -0.15) is 5.10 Å². The zero-order valence-electron chi connectivity index (χ0n) is 11.9. The van der Waals surface area contributed by atoms with Crippen LogP contribution >= 0.6 is 11.6 Å². The van der Waals surface area contributed by atoms with Gasteiger partial charge in [-0.25, -0.2) is 0 Å². The van der Waals surface area contributed by atoms with Gasteiger partial charge in [-0.15, -0.1) is 0 Å². The molecule has 0 bridgehead atoms. The van der Waals surface area contributed by atoms with Gasteiger partial charge in [0.2, 0.25) is 0 Å². The average Bonchev–Trinajstić information content (AvgIpc) is 2.56. The highest BCUT2D eigenvalue weighted by atomic mass is 35.5. The van der Waals surface area contributed by atoms with Crippen LogP contribution in [0, 0.1) is 13.8 Å². The lowest BCUT2D eigenvalue weighted by molar-refractivity contribution is 0.490. The zero-order valence-corrected chi connectivity index (χ0v) is 12.6. The molecule has 0 radical (unpaired) electrons. The first-order chi connectivity index (χ1) is 8.81. The van der Waals surface area contributed by atoms with Gasteiger partial charge in [-0.1, -0.05) is 41.4 Å². The van der Waals surface area contributed by atoms with E-state index in [1.165, 1.54) is 5.56 Å². The Morgan fingerprint density at radius 1 is 1.26 bits per heavy atom. The highest BCUT2D eigenvalue weighted by Crippen LogP contribution is 2.28. The van der Waals surface area contributed by atoms with Crippen LogP contribution in [0.15, 0.2) is 24.3 Å². The number of aromatic nitrogens is 2. The summed E-state index contributed by atoms with van der Waals surface area (Å²) in [6.07, 6.45) is 0.675. The van der Waals surface area contributed by atoms with Crippen molar-refractivity contribution in [2.45, 2.75) is 32.7 Å². The topological polar surface area (TPSA) is 43.8 Å². The second-order valence-corrected chi connectivity index (χ2v) is 5.80. The number of hydrogen-bond donors (Lipinski definition) is 1. The van der Waals surface area contributed by atoms with Crippen LogP contribution in [0.3, 0.4) is 0 Å². The molecule has 0 aliphatic rings. The molecular formula is C15H20ClN3. The molecule has 0 saturated carbocycles. The summed E-state index contributed by atoms with van der Waals surface area (Å²) in [6.45, 7) is 6.06. The molecular weight excluding hydrogens is 258 g/mol. The molecule has 0 amide bonds.